The van der Waals surface area contributed by atoms with Crippen LogP contribution in [0.5, 0.6) is 0 Å². The van der Waals surface area contributed by atoms with E-state index in [4.69, 9.17) is 4.74 Å². The van der Waals surface area contributed by atoms with Gasteiger partial charge in [-0.15, -0.1) is 11.3 Å². The van der Waals surface area contributed by atoms with Crippen LogP contribution in [0, 0.1) is 5.92 Å². The first-order valence-electron chi connectivity index (χ1n) is 6.88. The first-order valence-corrected chi connectivity index (χ1v) is 7.76. The summed E-state index contributed by atoms with van der Waals surface area (Å²) in [5, 5.41) is 4.81. The molecule has 2 aliphatic heterocycles. The van der Waals surface area contributed by atoms with Crippen LogP contribution >= 0.6 is 11.3 Å². The average molecular weight is 280 g/mol. The van der Waals surface area contributed by atoms with E-state index in [1.165, 1.54) is 4.88 Å². The van der Waals surface area contributed by atoms with Crippen molar-refractivity contribution in [1.82, 2.24) is 10.2 Å². The average Bonchev–Trinajstić information content (AvgIpc) is 3.06. The molecule has 19 heavy (non-hydrogen) atoms. The fourth-order valence-corrected chi connectivity index (χ4v) is 3.84. The van der Waals surface area contributed by atoms with Crippen molar-refractivity contribution >= 4 is 17.2 Å². The number of likely N-dealkylation sites (N-methyl/N-ethyl adjacent to an activating group) is 1. The summed E-state index contributed by atoms with van der Waals surface area (Å²) in [6.45, 7) is 3.08. The molecule has 0 bridgehead atoms. The van der Waals surface area contributed by atoms with Crippen LogP contribution in [0.4, 0.5) is 0 Å². The van der Waals surface area contributed by atoms with E-state index in [-0.39, 0.29) is 18.1 Å². The van der Waals surface area contributed by atoms with Gasteiger partial charge < -0.3 is 10.1 Å². The molecule has 3 atom stereocenters. The monoisotopic (exact) mass is 280 g/mol. The maximum absolute atomic E-state index is 11.6. The molecule has 1 aromatic heterocycles. The van der Waals surface area contributed by atoms with E-state index in [2.05, 4.69) is 27.7 Å². The van der Waals surface area contributed by atoms with Gasteiger partial charge in [0, 0.05) is 25.0 Å². The van der Waals surface area contributed by atoms with Crippen molar-refractivity contribution < 1.29 is 9.53 Å². The van der Waals surface area contributed by atoms with Gasteiger partial charge in [0.05, 0.1) is 6.10 Å². The Bertz CT molecular complexity index is 435. The molecule has 2 aliphatic rings. The van der Waals surface area contributed by atoms with Gasteiger partial charge in [0.15, 0.2) is 0 Å². The Labute approximate surface area is 117 Å². The molecule has 0 aliphatic carbocycles. The Hall–Kier alpha value is -0.910. The minimum Gasteiger partial charge on any atom is -0.364 e. The van der Waals surface area contributed by atoms with E-state index in [9.17, 15) is 4.79 Å². The molecular weight excluding hydrogens is 260 g/mol. The number of fused-ring (bicyclic) bond motifs is 1. The molecule has 104 valence electrons. The number of carbonyl (C=O) groups excluding carboxylic acids is 1. The number of thiophene rings is 1. The Balaban J connectivity index is 1.57. The topological polar surface area (TPSA) is 41.6 Å². The molecular formula is C14H20N2O2S. The zero-order valence-electron chi connectivity index (χ0n) is 11.2. The summed E-state index contributed by atoms with van der Waals surface area (Å²) in [4.78, 5) is 15.5. The zero-order chi connectivity index (χ0) is 13.2. The fourth-order valence-electron chi connectivity index (χ4n) is 3.09. The zero-order valence-corrected chi connectivity index (χ0v) is 12.0. The Morgan fingerprint density at radius 1 is 1.63 bits per heavy atom. The van der Waals surface area contributed by atoms with Crippen LogP contribution < -0.4 is 5.32 Å². The summed E-state index contributed by atoms with van der Waals surface area (Å²) in [7, 11) is 1.68. The van der Waals surface area contributed by atoms with Gasteiger partial charge in [-0.1, -0.05) is 6.07 Å². The number of hydrogen-bond donors (Lipinski definition) is 1. The summed E-state index contributed by atoms with van der Waals surface area (Å²) in [6, 6.07) is 4.28. The largest absolute Gasteiger partial charge is 0.364 e. The van der Waals surface area contributed by atoms with Gasteiger partial charge in [0.25, 0.3) is 0 Å². The highest BCUT2D eigenvalue weighted by Gasteiger charge is 2.41. The van der Waals surface area contributed by atoms with Gasteiger partial charge in [-0.3, -0.25) is 9.69 Å². The Kier molecular flexibility index (Phi) is 3.86. The van der Waals surface area contributed by atoms with Crippen molar-refractivity contribution in [3.63, 3.8) is 0 Å². The lowest BCUT2D eigenvalue weighted by atomic mass is 9.91. The van der Waals surface area contributed by atoms with Crippen LogP contribution in [-0.2, 0) is 16.1 Å². The predicted molar refractivity (Wildman–Crippen MR) is 75.0 cm³/mol. The highest BCUT2D eigenvalue weighted by atomic mass is 32.1. The van der Waals surface area contributed by atoms with Crippen LogP contribution in [0.2, 0.25) is 0 Å². The molecule has 5 heteroatoms. The second kappa shape index (κ2) is 5.61. The molecule has 0 radical (unpaired) electrons. The van der Waals surface area contributed by atoms with E-state index in [0.29, 0.717) is 5.92 Å². The maximum Gasteiger partial charge on any atom is 0.248 e. The highest BCUT2D eigenvalue weighted by Crippen LogP contribution is 2.33. The van der Waals surface area contributed by atoms with Crippen molar-refractivity contribution in [3.05, 3.63) is 22.4 Å². The van der Waals surface area contributed by atoms with Gasteiger partial charge in [-0.25, -0.2) is 0 Å². The van der Waals surface area contributed by atoms with E-state index in [0.717, 1.165) is 32.5 Å². The first kappa shape index (κ1) is 13.1. The lowest BCUT2D eigenvalue weighted by molar-refractivity contribution is -0.132. The van der Waals surface area contributed by atoms with Crippen molar-refractivity contribution in [3.8, 4) is 0 Å². The van der Waals surface area contributed by atoms with E-state index >= 15 is 0 Å². The SMILES string of the molecule is CNC(=O)[C@H]1C[C@@H]2CCN(Cc3cccs3)C[C@H]2O1. The molecule has 0 spiro atoms. The van der Waals surface area contributed by atoms with Crippen LogP contribution in [0.1, 0.15) is 17.7 Å². The van der Waals surface area contributed by atoms with E-state index in [1.807, 2.05) is 0 Å². The number of nitrogens with zero attached hydrogens (tertiary/aromatic N) is 1. The maximum atomic E-state index is 11.6. The smallest absolute Gasteiger partial charge is 0.248 e. The molecule has 0 unspecified atom stereocenters. The number of nitrogens with one attached hydrogen (secondary N) is 1. The third kappa shape index (κ3) is 2.83. The lowest BCUT2D eigenvalue weighted by Crippen LogP contribution is -2.41. The Morgan fingerprint density at radius 2 is 2.53 bits per heavy atom. The molecule has 3 rings (SSSR count). The standard InChI is InChI=1S/C14H20N2O2S/c1-15-14(17)12-7-10-4-5-16(9-13(10)18-12)8-11-3-2-6-19-11/h2-3,6,10,12-13H,4-5,7-9H2,1H3,(H,15,17)/t10-,12+,13+/m0/s1. The lowest BCUT2D eigenvalue weighted by Gasteiger charge is -2.33. The van der Waals surface area contributed by atoms with E-state index in [1.54, 1.807) is 18.4 Å². The van der Waals surface area contributed by atoms with Crippen molar-refractivity contribution in [2.24, 2.45) is 5.92 Å². The molecule has 1 amide bonds. The van der Waals surface area contributed by atoms with Crippen molar-refractivity contribution in [1.29, 1.82) is 0 Å². The van der Waals surface area contributed by atoms with Gasteiger partial charge in [-0.05, 0) is 36.8 Å². The molecule has 0 aromatic carbocycles. The molecule has 1 aromatic rings. The number of carbonyl (C=O) groups is 1. The quantitative estimate of drug-likeness (QED) is 0.912. The van der Waals surface area contributed by atoms with Gasteiger partial charge in [-0.2, -0.15) is 0 Å². The summed E-state index contributed by atoms with van der Waals surface area (Å²) >= 11 is 1.80. The number of amides is 1. The molecule has 4 nitrogen and oxygen atoms in total. The van der Waals surface area contributed by atoms with Crippen LogP contribution in [0.3, 0.4) is 0 Å². The number of hydrogen-bond acceptors (Lipinski definition) is 4. The van der Waals surface area contributed by atoms with Gasteiger partial charge in [0.1, 0.15) is 6.10 Å². The van der Waals surface area contributed by atoms with Crippen molar-refractivity contribution in [2.75, 3.05) is 20.1 Å². The Morgan fingerprint density at radius 3 is 3.26 bits per heavy atom. The van der Waals surface area contributed by atoms with Gasteiger partial charge in [0.2, 0.25) is 5.91 Å². The summed E-state index contributed by atoms with van der Waals surface area (Å²) in [5.41, 5.74) is 0. The highest BCUT2D eigenvalue weighted by molar-refractivity contribution is 7.09. The fraction of sp³-hybridized carbons (Fsp3) is 0.643. The molecule has 1 N–H and O–H groups in total. The number of likely N-dealkylation sites (tertiary alicyclic amines) is 1. The van der Waals surface area contributed by atoms with Crippen molar-refractivity contribution in [2.45, 2.75) is 31.6 Å². The predicted octanol–water partition coefficient (Wildman–Crippen LogP) is 1.47. The first-order chi connectivity index (χ1) is 9.26. The number of rotatable bonds is 3. The third-order valence-electron chi connectivity index (χ3n) is 4.13. The summed E-state index contributed by atoms with van der Waals surface area (Å²) in [6.07, 6.45) is 2.03. The molecule has 2 saturated heterocycles. The second-order valence-corrected chi connectivity index (χ2v) is 6.41. The van der Waals surface area contributed by atoms with Crippen LogP contribution in [-0.4, -0.2) is 43.2 Å². The summed E-state index contributed by atoms with van der Waals surface area (Å²) < 4.78 is 5.92. The van der Waals surface area contributed by atoms with Gasteiger partial charge >= 0.3 is 0 Å². The molecule has 2 fully saturated rings. The molecule has 0 saturated carbocycles. The minimum atomic E-state index is -0.235. The molecule has 3 heterocycles. The summed E-state index contributed by atoms with van der Waals surface area (Å²) in [5.74, 6) is 0.584. The number of piperidine rings is 1. The number of ether oxygens (including phenoxy) is 1. The normalized spacial score (nSPS) is 31.1. The minimum absolute atomic E-state index is 0.0270. The van der Waals surface area contributed by atoms with Crippen LogP contribution in [0.15, 0.2) is 17.5 Å². The van der Waals surface area contributed by atoms with Crippen LogP contribution in [0.25, 0.3) is 0 Å². The third-order valence-corrected chi connectivity index (χ3v) is 5.00. The second-order valence-electron chi connectivity index (χ2n) is 5.38. The van der Waals surface area contributed by atoms with E-state index < -0.39 is 0 Å².